The van der Waals surface area contributed by atoms with E-state index in [4.69, 9.17) is 11.0 Å². The van der Waals surface area contributed by atoms with Gasteiger partial charge < -0.3 is 5.73 Å². The maximum atomic E-state index is 12.4. The summed E-state index contributed by atoms with van der Waals surface area (Å²) in [4.78, 5) is 0.0723. The fourth-order valence-electron chi connectivity index (χ4n) is 1.78. The zero-order valence-corrected chi connectivity index (χ0v) is 13.5. The summed E-state index contributed by atoms with van der Waals surface area (Å²) < 4.78 is 28.0. The monoisotopic (exact) mass is 365 g/mol. The van der Waals surface area contributed by atoms with Crippen LogP contribution in [0.4, 0.5) is 11.4 Å². The Kier molecular flexibility index (Phi) is 4.21. The molecule has 0 aromatic heterocycles. The Labute approximate surface area is 131 Å². The summed E-state index contributed by atoms with van der Waals surface area (Å²) >= 11 is 3.25. The van der Waals surface area contributed by atoms with Crippen LogP contribution in [0.2, 0.25) is 0 Å². The molecule has 5 nitrogen and oxygen atoms in total. The molecule has 0 amide bonds. The largest absolute Gasteiger partial charge is 0.398 e. The number of nitrogens with two attached hydrogens (primary N) is 1. The van der Waals surface area contributed by atoms with Crippen molar-refractivity contribution < 1.29 is 8.42 Å². The predicted octanol–water partition coefficient (Wildman–Crippen LogP) is 3.01. The molecule has 0 fully saturated rings. The first-order valence-electron chi connectivity index (χ1n) is 5.92. The molecule has 0 spiro atoms. The molecule has 0 saturated heterocycles. The first-order valence-corrected chi connectivity index (χ1v) is 8.20. The fourth-order valence-corrected chi connectivity index (χ4v) is 3.34. The second-order valence-electron chi connectivity index (χ2n) is 4.43. The Bertz CT molecular complexity index is 842. The minimum absolute atomic E-state index is 0.0723. The normalized spacial score (nSPS) is 10.9. The van der Waals surface area contributed by atoms with Crippen LogP contribution in [-0.2, 0) is 10.0 Å². The van der Waals surface area contributed by atoms with Gasteiger partial charge in [-0.1, -0.05) is 6.07 Å². The van der Waals surface area contributed by atoms with Crippen molar-refractivity contribution in [1.29, 1.82) is 5.26 Å². The number of nitrogens with zero attached hydrogens (tertiary/aromatic N) is 1. The summed E-state index contributed by atoms with van der Waals surface area (Å²) in [5, 5.41) is 8.89. The molecule has 0 atom stereocenters. The number of halogens is 1. The van der Waals surface area contributed by atoms with E-state index >= 15 is 0 Å². The van der Waals surface area contributed by atoms with Gasteiger partial charge in [-0.2, -0.15) is 5.26 Å². The van der Waals surface area contributed by atoms with Gasteiger partial charge in [0, 0.05) is 10.2 Å². The van der Waals surface area contributed by atoms with Crippen LogP contribution in [0, 0.1) is 18.3 Å². The van der Waals surface area contributed by atoms with Gasteiger partial charge in [-0.15, -0.1) is 0 Å². The molecule has 2 aromatic rings. The first-order chi connectivity index (χ1) is 9.83. The van der Waals surface area contributed by atoms with E-state index in [1.54, 1.807) is 31.2 Å². The second-order valence-corrected chi connectivity index (χ2v) is 6.94. The zero-order valence-electron chi connectivity index (χ0n) is 11.1. The molecule has 2 rings (SSSR count). The zero-order chi connectivity index (χ0) is 15.6. The van der Waals surface area contributed by atoms with Gasteiger partial charge in [0.15, 0.2) is 0 Å². The Balaban J connectivity index is 2.43. The Hall–Kier alpha value is -2.04. The highest BCUT2D eigenvalue weighted by atomic mass is 79.9. The molecular formula is C14H12BrN3O2S. The van der Waals surface area contributed by atoms with Gasteiger partial charge in [0.25, 0.3) is 10.0 Å². The van der Waals surface area contributed by atoms with Crippen LogP contribution >= 0.6 is 15.9 Å². The molecule has 3 N–H and O–H groups in total. The molecule has 0 aliphatic carbocycles. The van der Waals surface area contributed by atoms with Gasteiger partial charge in [-0.05, 0) is 58.7 Å². The van der Waals surface area contributed by atoms with Crippen LogP contribution in [0.15, 0.2) is 45.8 Å². The number of hydrogen-bond acceptors (Lipinski definition) is 4. The number of anilines is 2. The summed E-state index contributed by atoms with van der Waals surface area (Å²) in [5.74, 6) is 0. The number of hydrogen-bond donors (Lipinski definition) is 2. The Morgan fingerprint density at radius 3 is 2.57 bits per heavy atom. The lowest BCUT2D eigenvalue weighted by atomic mass is 10.2. The van der Waals surface area contributed by atoms with Crippen molar-refractivity contribution in [3.05, 3.63) is 52.0 Å². The van der Waals surface area contributed by atoms with Gasteiger partial charge >= 0.3 is 0 Å². The fraction of sp³-hybridized carbons (Fsp3) is 0.0714. The highest BCUT2D eigenvalue weighted by Crippen LogP contribution is 2.25. The SMILES string of the molecule is Cc1ccc(C#N)cc1S(=O)(=O)Nc1ccc(Br)c(N)c1. The van der Waals surface area contributed by atoms with Gasteiger partial charge in [-0.3, -0.25) is 4.72 Å². The quantitative estimate of drug-likeness (QED) is 0.817. The van der Waals surface area contributed by atoms with Gasteiger partial charge in [0.05, 0.1) is 22.2 Å². The summed E-state index contributed by atoms with van der Waals surface area (Å²) in [6.07, 6.45) is 0. The molecule has 0 bridgehead atoms. The molecule has 108 valence electrons. The van der Waals surface area contributed by atoms with Gasteiger partial charge in [0.2, 0.25) is 0 Å². The summed E-state index contributed by atoms with van der Waals surface area (Å²) in [7, 11) is -3.78. The second kappa shape index (κ2) is 5.76. The topological polar surface area (TPSA) is 96.0 Å². The number of nitrogens with one attached hydrogen (secondary N) is 1. The third kappa shape index (κ3) is 3.35. The first kappa shape index (κ1) is 15.4. The number of sulfonamides is 1. The van der Waals surface area contributed by atoms with Gasteiger partial charge in [-0.25, -0.2) is 8.42 Å². The molecule has 0 unspecified atom stereocenters. The molecule has 0 radical (unpaired) electrons. The van der Waals surface area contributed by atoms with E-state index in [0.29, 0.717) is 21.4 Å². The molecule has 0 heterocycles. The minimum atomic E-state index is -3.78. The van der Waals surface area contributed by atoms with E-state index in [2.05, 4.69) is 20.7 Å². The molecular weight excluding hydrogens is 354 g/mol. The van der Waals surface area contributed by atoms with Crippen molar-refractivity contribution >= 4 is 37.3 Å². The van der Waals surface area contributed by atoms with Crippen molar-refractivity contribution in [3.8, 4) is 6.07 Å². The van der Waals surface area contributed by atoms with Crippen LogP contribution in [0.3, 0.4) is 0 Å². The maximum Gasteiger partial charge on any atom is 0.262 e. The van der Waals surface area contributed by atoms with E-state index in [9.17, 15) is 8.42 Å². The minimum Gasteiger partial charge on any atom is -0.398 e. The highest BCUT2D eigenvalue weighted by Gasteiger charge is 2.18. The van der Waals surface area contributed by atoms with E-state index in [1.807, 2.05) is 6.07 Å². The number of nitrogen functional groups attached to an aromatic ring is 1. The average molecular weight is 366 g/mol. The lowest BCUT2D eigenvalue weighted by molar-refractivity contribution is 0.600. The van der Waals surface area contributed by atoms with Crippen LogP contribution < -0.4 is 10.5 Å². The predicted molar refractivity (Wildman–Crippen MR) is 85.3 cm³/mol. The maximum absolute atomic E-state index is 12.4. The van der Waals surface area contributed by atoms with Crippen LogP contribution in [0.5, 0.6) is 0 Å². The van der Waals surface area contributed by atoms with Crippen LogP contribution in [0.1, 0.15) is 11.1 Å². The molecule has 21 heavy (non-hydrogen) atoms. The standard InChI is InChI=1S/C14H12BrN3O2S/c1-9-2-3-10(8-16)6-14(9)21(19,20)18-11-4-5-12(15)13(17)7-11/h2-7,18H,17H2,1H3. The number of nitriles is 1. The summed E-state index contributed by atoms with van der Waals surface area (Å²) in [6.45, 7) is 1.67. The molecule has 0 aliphatic rings. The molecule has 0 saturated carbocycles. The van der Waals surface area contributed by atoms with Crippen LogP contribution in [0.25, 0.3) is 0 Å². The molecule has 7 heteroatoms. The highest BCUT2D eigenvalue weighted by molar-refractivity contribution is 9.10. The van der Waals surface area contributed by atoms with E-state index in [1.165, 1.54) is 12.1 Å². The van der Waals surface area contributed by atoms with E-state index in [-0.39, 0.29) is 10.5 Å². The van der Waals surface area contributed by atoms with Crippen molar-refractivity contribution in [3.63, 3.8) is 0 Å². The number of rotatable bonds is 3. The Morgan fingerprint density at radius 1 is 1.24 bits per heavy atom. The lowest BCUT2D eigenvalue weighted by Gasteiger charge is -2.11. The van der Waals surface area contributed by atoms with E-state index < -0.39 is 10.0 Å². The molecule has 0 aliphatic heterocycles. The third-order valence-corrected chi connectivity index (χ3v) is 5.10. The van der Waals surface area contributed by atoms with E-state index in [0.717, 1.165) is 0 Å². The molecule has 2 aromatic carbocycles. The van der Waals surface area contributed by atoms with Crippen molar-refractivity contribution in [2.24, 2.45) is 0 Å². The Morgan fingerprint density at radius 2 is 1.95 bits per heavy atom. The smallest absolute Gasteiger partial charge is 0.262 e. The summed E-state index contributed by atoms with van der Waals surface area (Å²) in [6, 6.07) is 11.2. The van der Waals surface area contributed by atoms with Crippen molar-refractivity contribution in [2.45, 2.75) is 11.8 Å². The lowest BCUT2D eigenvalue weighted by Crippen LogP contribution is -2.14. The summed E-state index contributed by atoms with van der Waals surface area (Å²) in [5.41, 5.74) is 7.37. The van der Waals surface area contributed by atoms with Gasteiger partial charge in [0.1, 0.15) is 0 Å². The van der Waals surface area contributed by atoms with Crippen molar-refractivity contribution in [2.75, 3.05) is 10.5 Å². The van der Waals surface area contributed by atoms with Crippen LogP contribution in [-0.4, -0.2) is 8.42 Å². The number of aryl methyl sites for hydroxylation is 1. The van der Waals surface area contributed by atoms with Crippen molar-refractivity contribution in [1.82, 2.24) is 0 Å². The third-order valence-electron chi connectivity index (χ3n) is 2.85. The average Bonchev–Trinajstić information content (AvgIpc) is 2.43. The number of benzene rings is 2.